The lowest BCUT2D eigenvalue weighted by Crippen LogP contribution is -2.34. The van der Waals surface area contributed by atoms with E-state index in [1.54, 1.807) is 19.2 Å². The highest BCUT2D eigenvalue weighted by Gasteiger charge is 2.18. The van der Waals surface area contributed by atoms with E-state index in [9.17, 15) is 8.42 Å². The number of hydrogen-bond acceptors (Lipinski definition) is 3. The Kier molecular flexibility index (Phi) is 7.45. The van der Waals surface area contributed by atoms with Crippen LogP contribution in [0.15, 0.2) is 18.2 Å². The number of nitrogens with one attached hydrogen (secondary N) is 2. The van der Waals surface area contributed by atoms with Crippen LogP contribution in [0.3, 0.4) is 0 Å². The molecule has 0 radical (unpaired) electrons. The summed E-state index contributed by atoms with van der Waals surface area (Å²) in [5, 5.41) is 3.64. The number of benzene rings is 1. The van der Waals surface area contributed by atoms with Crippen LogP contribution in [0.25, 0.3) is 0 Å². The average Bonchev–Trinajstić information content (AvgIpc) is 2.41. The number of halogens is 1. The van der Waals surface area contributed by atoms with E-state index in [0.717, 1.165) is 31.5 Å². The van der Waals surface area contributed by atoms with Crippen LogP contribution in [0.1, 0.15) is 25.3 Å². The number of anilines is 1. The summed E-state index contributed by atoms with van der Waals surface area (Å²) in [6, 6.07) is 5.22. The fourth-order valence-electron chi connectivity index (χ4n) is 1.77. The molecule has 1 rings (SSSR count). The maximum Gasteiger partial charge on any atom is 0.301 e. The number of rotatable bonds is 9. The van der Waals surface area contributed by atoms with Gasteiger partial charge in [0, 0.05) is 13.6 Å². The van der Waals surface area contributed by atoms with Gasteiger partial charge in [0.2, 0.25) is 0 Å². The van der Waals surface area contributed by atoms with Crippen LogP contribution in [-0.2, 0) is 10.2 Å². The summed E-state index contributed by atoms with van der Waals surface area (Å²) in [6.45, 7) is 6.21. The Bertz CT molecular complexity index is 549. The molecule has 0 saturated heterocycles. The summed E-state index contributed by atoms with van der Waals surface area (Å²) in [5.41, 5.74) is 1.39. The third-order valence-electron chi connectivity index (χ3n) is 3.03. The summed E-state index contributed by atoms with van der Waals surface area (Å²) in [7, 11) is -2.01. The van der Waals surface area contributed by atoms with Crippen molar-refractivity contribution >= 4 is 27.5 Å². The molecule has 0 heterocycles. The van der Waals surface area contributed by atoms with Crippen molar-refractivity contribution in [1.29, 1.82) is 0 Å². The highest BCUT2D eigenvalue weighted by atomic mass is 35.5. The van der Waals surface area contributed by atoms with E-state index in [0.29, 0.717) is 17.3 Å². The Labute approximate surface area is 132 Å². The van der Waals surface area contributed by atoms with E-state index < -0.39 is 10.2 Å². The van der Waals surface area contributed by atoms with E-state index in [1.807, 2.05) is 13.0 Å². The van der Waals surface area contributed by atoms with Crippen LogP contribution in [-0.4, -0.2) is 39.4 Å². The number of hydrogen-bond donors (Lipinski definition) is 2. The first-order valence-corrected chi connectivity index (χ1v) is 8.89. The van der Waals surface area contributed by atoms with E-state index >= 15 is 0 Å². The second-order valence-corrected chi connectivity index (χ2v) is 7.20. The van der Waals surface area contributed by atoms with Gasteiger partial charge in [-0.3, -0.25) is 4.72 Å². The molecule has 0 saturated carbocycles. The highest BCUT2D eigenvalue weighted by molar-refractivity contribution is 7.90. The van der Waals surface area contributed by atoms with E-state index in [2.05, 4.69) is 17.0 Å². The normalized spacial score (nSPS) is 11.9. The molecule has 0 unspecified atom stereocenters. The Morgan fingerprint density at radius 1 is 1.29 bits per heavy atom. The quantitative estimate of drug-likeness (QED) is 0.683. The van der Waals surface area contributed by atoms with Crippen molar-refractivity contribution in [3.05, 3.63) is 28.8 Å². The standard InChI is InChI=1S/C14H24ClN3O2S/c1-4-8-16-9-5-10-18(3)21(19,20)17-14-7-6-12(2)11-13(14)15/h6-7,11,16-17H,4-5,8-10H2,1-3H3. The van der Waals surface area contributed by atoms with Gasteiger partial charge in [0.15, 0.2) is 0 Å². The zero-order valence-electron chi connectivity index (χ0n) is 12.8. The first-order valence-electron chi connectivity index (χ1n) is 7.07. The lowest BCUT2D eigenvalue weighted by Gasteiger charge is -2.19. The molecule has 0 aromatic heterocycles. The third kappa shape index (κ3) is 6.22. The summed E-state index contributed by atoms with van der Waals surface area (Å²) >= 11 is 6.05. The minimum absolute atomic E-state index is 0.400. The minimum atomic E-state index is -3.57. The Morgan fingerprint density at radius 2 is 2.00 bits per heavy atom. The first-order chi connectivity index (χ1) is 9.86. The average molecular weight is 334 g/mol. The molecule has 0 fully saturated rings. The molecular formula is C14H24ClN3O2S. The predicted octanol–water partition coefficient (Wildman–Crippen LogP) is 2.63. The van der Waals surface area contributed by atoms with Crippen molar-refractivity contribution in [2.45, 2.75) is 26.7 Å². The van der Waals surface area contributed by atoms with Crippen molar-refractivity contribution in [2.75, 3.05) is 31.4 Å². The summed E-state index contributed by atoms with van der Waals surface area (Å²) in [6.07, 6.45) is 1.83. The van der Waals surface area contributed by atoms with Gasteiger partial charge in [0.1, 0.15) is 0 Å². The van der Waals surface area contributed by atoms with Gasteiger partial charge in [0.05, 0.1) is 10.7 Å². The molecule has 7 heteroatoms. The minimum Gasteiger partial charge on any atom is -0.317 e. The zero-order chi connectivity index (χ0) is 15.9. The molecule has 0 bridgehead atoms. The summed E-state index contributed by atoms with van der Waals surface area (Å²) < 4.78 is 28.2. The Morgan fingerprint density at radius 3 is 2.62 bits per heavy atom. The van der Waals surface area contributed by atoms with Gasteiger partial charge in [-0.05, 0) is 50.6 Å². The molecule has 120 valence electrons. The van der Waals surface area contributed by atoms with Crippen LogP contribution < -0.4 is 10.0 Å². The van der Waals surface area contributed by atoms with Crippen molar-refractivity contribution in [3.63, 3.8) is 0 Å². The fourth-order valence-corrected chi connectivity index (χ4v) is 3.09. The zero-order valence-corrected chi connectivity index (χ0v) is 14.4. The van der Waals surface area contributed by atoms with Crippen LogP contribution in [0, 0.1) is 6.92 Å². The van der Waals surface area contributed by atoms with Crippen LogP contribution in [0.2, 0.25) is 5.02 Å². The van der Waals surface area contributed by atoms with Crippen molar-refractivity contribution in [3.8, 4) is 0 Å². The molecule has 0 aliphatic heterocycles. The van der Waals surface area contributed by atoms with Gasteiger partial charge in [-0.2, -0.15) is 12.7 Å². The lowest BCUT2D eigenvalue weighted by atomic mass is 10.2. The van der Waals surface area contributed by atoms with Gasteiger partial charge in [-0.25, -0.2) is 0 Å². The smallest absolute Gasteiger partial charge is 0.301 e. The molecule has 1 aromatic carbocycles. The lowest BCUT2D eigenvalue weighted by molar-refractivity contribution is 0.458. The van der Waals surface area contributed by atoms with Crippen molar-refractivity contribution in [1.82, 2.24) is 9.62 Å². The topological polar surface area (TPSA) is 61.4 Å². The van der Waals surface area contributed by atoms with Crippen LogP contribution in [0.5, 0.6) is 0 Å². The Balaban J connectivity index is 2.55. The number of aryl methyl sites for hydroxylation is 1. The predicted molar refractivity (Wildman–Crippen MR) is 89.1 cm³/mol. The maximum atomic E-state index is 12.2. The molecule has 0 aliphatic rings. The third-order valence-corrected chi connectivity index (χ3v) is 4.82. The fraction of sp³-hybridized carbons (Fsp3) is 0.571. The Hall–Kier alpha value is -0.820. The first kappa shape index (κ1) is 18.2. The monoisotopic (exact) mass is 333 g/mol. The molecule has 0 spiro atoms. The van der Waals surface area contributed by atoms with E-state index in [1.165, 1.54) is 4.31 Å². The van der Waals surface area contributed by atoms with Gasteiger partial charge in [0.25, 0.3) is 0 Å². The summed E-state index contributed by atoms with van der Waals surface area (Å²) in [4.78, 5) is 0. The van der Waals surface area contributed by atoms with Crippen molar-refractivity contribution < 1.29 is 8.42 Å². The maximum absolute atomic E-state index is 12.2. The molecule has 0 amide bonds. The SMILES string of the molecule is CCCNCCCN(C)S(=O)(=O)Nc1ccc(C)cc1Cl. The largest absolute Gasteiger partial charge is 0.317 e. The molecule has 0 aliphatic carbocycles. The van der Waals surface area contributed by atoms with Crippen LogP contribution in [0.4, 0.5) is 5.69 Å². The van der Waals surface area contributed by atoms with Gasteiger partial charge >= 0.3 is 10.2 Å². The molecule has 21 heavy (non-hydrogen) atoms. The van der Waals surface area contributed by atoms with E-state index in [4.69, 9.17) is 11.6 Å². The van der Waals surface area contributed by atoms with Gasteiger partial charge in [-0.1, -0.05) is 24.6 Å². The number of nitrogens with zero attached hydrogens (tertiary/aromatic N) is 1. The molecule has 0 atom stereocenters. The second-order valence-electron chi connectivity index (χ2n) is 5.02. The summed E-state index contributed by atoms with van der Waals surface area (Å²) in [5.74, 6) is 0. The highest BCUT2D eigenvalue weighted by Crippen LogP contribution is 2.24. The molecule has 2 N–H and O–H groups in total. The van der Waals surface area contributed by atoms with Gasteiger partial charge < -0.3 is 5.32 Å². The van der Waals surface area contributed by atoms with Crippen molar-refractivity contribution in [2.24, 2.45) is 0 Å². The van der Waals surface area contributed by atoms with Crippen LogP contribution >= 0.6 is 11.6 Å². The van der Waals surface area contributed by atoms with E-state index in [-0.39, 0.29) is 0 Å². The second kappa shape index (κ2) is 8.58. The molecule has 1 aromatic rings. The molecule has 5 nitrogen and oxygen atoms in total. The molecular weight excluding hydrogens is 310 g/mol. The van der Waals surface area contributed by atoms with Gasteiger partial charge in [-0.15, -0.1) is 0 Å².